The molecule has 6 heteroatoms. The van der Waals surface area contributed by atoms with Gasteiger partial charge in [0.2, 0.25) is 5.91 Å². The standard InChI is InChI=1S/C21H20ClN3O2/c1-13-10-19(14(2)25(13)18-5-3-4-16(22)12-18)21(27)24-17-8-6-15(7-9-17)11-20(23)26/h3-10,12H,11H2,1-2H3,(H2,23,26)(H,24,27). The van der Waals surface area contributed by atoms with E-state index in [1.165, 1.54) is 0 Å². The van der Waals surface area contributed by atoms with Gasteiger partial charge in [0, 0.05) is 27.8 Å². The van der Waals surface area contributed by atoms with E-state index in [4.69, 9.17) is 17.3 Å². The summed E-state index contributed by atoms with van der Waals surface area (Å²) in [4.78, 5) is 23.7. The van der Waals surface area contributed by atoms with E-state index in [0.717, 1.165) is 22.6 Å². The lowest BCUT2D eigenvalue weighted by Gasteiger charge is -2.10. The number of carbonyl (C=O) groups excluding carboxylic acids is 2. The third kappa shape index (κ3) is 4.20. The summed E-state index contributed by atoms with van der Waals surface area (Å²) < 4.78 is 2.00. The number of rotatable bonds is 5. The molecular formula is C21H20ClN3O2. The third-order valence-corrected chi connectivity index (χ3v) is 4.57. The smallest absolute Gasteiger partial charge is 0.257 e. The number of nitrogens with one attached hydrogen (secondary N) is 1. The first kappa shape index (κ1) is 18.7. The molecule has 1 heterocycles. The number of aromatic nitrogens is 1. The molecular weight excluding hydrogens is 362 g/mol. The number of primary amides is 1. The number of halogens is 1. The fourth-order valence-electron chi connectivity index (χ4n) is 3.11. The van der Waals surface area contributed by atoms with E-state index in [1.54, 1.807) is 24.3 Å². The normalized spacial score (nSPS) is 10.6. The molecule has 0 bridgehead atoms. The number of carbonyl (C=O) groups is 2. The minimum Gasteiger partial charge on any atom is -0.369 e. The minimum atomic E-state index is -0.389. The maximum atomic E-state index is 12.7. The zero-order chi connectivity index (χ0) is 19.6. The van der Waals surface area contributed by atoms with Crippen LogP contribution < -0.4 is 11.1 Å². The Morgan fingerprint density at radius 1 is 1.07 bits per heavy atom. The fourth-order valence-corrected chi connectivity index (χ4v) is 3.30. The van der Waals surface area contributed by atoms with E-state index in [9.17, 15) is 9.59 Å². The first-order valence-corrected chi connectivity index (χ1v) is 8.86. The second-order valence-electron chi connectivity index (χ2n) is 6.39. The van der Waals surface area contributed by atoms with Crippen molar-refractivity contribution in [1.82, 2.24) is 4.57 Å². The summed E-state index contributed by atoms with van der Waals surface area (Å²) in [6.07, 6.45) is 0.176. The summed E-state index contributed by atoms with van der Waals surface area (Å²) in [6, 6.07) is 16.4. The van der Waals surface area contributed by atoms with Crippen LogP contribution in [0.1, 0.15) is 27.3 Å². The van der Waals surface area contributed by atoms with Crippen LogP contribution in [-0.4, -0.2) is 16.4 Å². The van der Waals surface area contributed by atoms with Crippen molar-refractivity contribution in [2.45, 2.75) is 20.3 Å². The van der Waals surface area contributed by atoms with Gasteiger partial charge in [-0.25, -0.2) is 0 Å². The Kier molecular flexibility index (Phi) is 5.33. The Morgan fingerprint density at radius 3 is 2.41 bits per heavy atom. The molecule has 1 aromatic heterocycles. The number of anilines is 1. The molecule has 27 heavy (non-hydrogen) atoms. The van der Waals surface area contributed by atoms with Crippen molar-refractivity contribution in [1.29, 1.82) is 0 Å². The molecule has 3 rings (SSSR count). The number of benzene rings is 2. The largest absolute Gasteiger partial charge is 0.369 e. The summed E-state index contributed by atoms with van der Waals surface area (Å²) in [7, 11) is 0. The summed E-state index contributed by atoms with van der Waals surface area (Å²) in [5.41, 5.74) is 9.92. The highest BCUT2D eigenvalue weighted by molar-refractivity contribution is 6.30. The monoisotopic (exact) mass is 381 g/mol. The zero-order valence-corrected chi connectivity index (χ0v) is 15.9. The van der Waals surface area contributed by atoms with Gasteiger partial charge in [0.15, 0.2) is 0 Å². The Morgan fingerprint density at radius 2 is 1.78 bits per heavy atom. The van der Waals surface area contributed by atoms with E-state index in [1.807, 2.05) is 48.7 Å². The van der Waals surface area contributed by atoms with E-state index in [2.05, 4.69) is 5.32 Å². The van der Waals surface area contributed by atoms with Gasteiger partial charge in [0.05, 0.1) is 12.0 Å². The average molecular weight is 382 g/mol. The van der Waals surface area contributed by atoms with Crippen LogP contribution >= 0.6 is 11.6 Å². The third-order valence-electron chi connectivity index (χ3n) is 4.33. The highest BCUT2D eigenvalue weighted by Gasteiger charge is 2.17. The molecule has 5 nitrogen and oxygen atoms in total. The molecule has 3 aromatic rings. The molecule has 0 fully saturated rings. The number of hydrogen-bond acceptors (Lipinski definition) is 2. The van der Waals surface area contributed by atoms with Crippen molar-refractivity contribution in [3.8, 4) is 5.69 Å². The van der Waals surface area contributed by atoms with Crippen molar-refractivity contribution in [2.75, 3.05) is 5.32 Å². The topological polar surface area (TPSA) is 77.1 Å². The maximum Gasteiger partial charge on any atom is 0.257 e. The molecule has 0 aliphatic rings. The highest BCUT2D eigenvalue weighted by Crippen LogP contribution is 2.24. The Bertz CT molecular complexity index is 1010. The molecule has 0 spiro atoms. The first-order valence-electron chi connectivity index (χ1n) is 8.48. The second kappa shape index (κ2) is 7.68. The maximum absolute atomic E-state index is 12.7. The van der Waals surface area contributed by atoms with E-state index in [-0.39, 0.29) is 18.2 Å². The summed E-state index contributed by atoms with van der Waals surface area (Å²) in [5, 5.41) is 3.53. The van der Waals surface area contributed by atoms with Crippen LogP contribution in [0.2, 0.25) is 5.02 Å². The van der Waals surface area contributed by atoms with Crippen LogP contribution in [0.15, 0.2) is 54.6 Å². The van der Waals surface area contributed by atoms with Gasteiger partial charge >= 0.3 is 0 Å². The van der Waals surface area contributed by atoms with Crippen LogP contribution in [-0.2, 0) is 11.2 Å². The van der Waals surface area contributed by atoms with Crippen molar-refractivity contribution in [2.24, 2.45) is 5.73 Å². The van der Waals surface area contributed by atoms with Crippen molar-refractivity contribution in [3.63, 3.8) is 0 Å². The van der Waals surface area contributed by atoms with Gasteiger partial charge in [-0.3, -0.25) is 9.59 Å². The van der Waals surface area contributed by atoms with E-state index in [0.29, 0.717) is 16.3 Å². The van der Waals surface area contributed by atoms with Crippen molar-refractivity contribution in [3.05, 3.63) is 82.1 Å². The summed E-state index contributed by atoms with van der Waals surface area (Å²) >= 11 is 6.10. The summed E-state index contributed by atoms with van der Waals surface area (Å²) in [5.74, 6) is -0.584. The van der Waals surface area contributed by atoms with Crippen LogP contribution in [0.4, 0.5) is 5.69 Å². The van der Waals surface area contributed by atoms with Gasteiger partial charge in [0.25, 0.3) is 5.91 Å². The molecule has 0 aliphatic carbocycles. The predicted octanol–water partition coefficient (Wildman–Crippen LogP) is 4.03. The zero-order valence-electron chi connectivity index (χ0n) is 15.1. The van der Waals surface area contributed by atoms with Crippen molar-refractivity contribution >= 4 is 29.1 Å². The first-order chi connectivity index (χ1) is 12.8. The average Bonchev–Trinajstić information content (AvgIpc) is 2.91. The lowest BCUT2D eigenvalue weighted by Crippen LogP contribution is -2.14. The minimum absolute atomic E-state index is 0.176. The quantitative estimate of drug-likeness (QED) is 0.700. The van der Waals surface area contributed by atoms with Gasteiger partial charge in [0.1, 0.15) is 0 Å². The SMILES string of the molecule is Cc1cc(C(=O)Nc2ccc(CC(N)=O)cc2)c(C)n1-c1cccc(Cl)c1. The lowest BCUT2D eigenvalue weighted by molar-refractivity contribution is -0.117. The van der Waals surface area contributed by atoms with Gasteiger partial charge in [-0.2, -0.15) is 0 Å². The Labute approximate surface area is 162 Å². The molecule has 138 valence electrons. The number of amides is 2. The molecule has 0 atom stereocenters. The number of nitrogens with zero attached hydrogens (tertiary/aromatic N) is 1. The van der Waals surface area contributed by atoms with Crippen LogP contribution in [0.5, 0.6) is 0 Å². The fraction of sp³-hybridized carbons (Fsp3) is 0.143. The molecule has 3 N–H and O–H groups in total. The van der Waals surface area contributed by atoms with Gasteiger partial charge < -0.3 is 15.6 Å². The van der Waals surface area contributed by atoms with E-state index < -0.39 is 0 Å². The molecule has 0 saturated carbocycles. The molecule has 2 amide bonds. The Balaban J connectivity index is 1.83. The molecule has 0 aliphatic heterocycles. The van der Waals surface area contributed by atoms with Crippen LogP contribution in [0, 0.1) is 13.8 Å². The van der Waals surface area contributed by atoms with E-state index >= 15 is 0 Å². The van der Waals surface area contributed by atoms with Crippen molar-refractivity contribution < 1.29 is 9.59 Å². The second-order valence-corrected chi connectivity index (χ2v) is 6.83. The van der Waals surface area contributed by atoms with Crippen LogP contribution in [0.3, 0.4) is 0 Å². The summed E-state index contributed by atoms with van der Waals surface area (Å²) in [6.45, 7) is 3.85. The molecule has 0 radical (unpaired) electrons. The van der Waals surface area contributed by atoms with Gasteiger partial charge in [-0.15, -0.1) is 0 Å². The lowest BCUT2D eigenvalue weighted by atomic mass is 10.1. The van der Waals surface area contributed by atoms with Gasteiger partial charge in [-0.1, -0.05) is 29.8 Å². The van der Waals surface area contributed by atoms with Crippen LogP contribution in [0.25, 0.3) is 5.69 Å². The number of aryl methyl sites for hydroxylation is 1. The number of nitrogens with two attached hydrogens (primary N) is 1. The highest BCUT2D eigenvalue weighted by atomic mass is 35.5. The number of hydrogen-bond donors (Lipinski definition) is 2. The van der Waals surface area contributed by atoms with Gasteiger partial charge in [-0.05, 0) is 55.8 Å². The molecule has 2 aromatic carbocycles. The predicted molar refractivity (Wildman–Crippen MR) is 108 cm³/mol. The Hall–Kier alpha value is -3.05. The molecule has 0 saturated heterocycles. The molecule has 0 unspecified atom stereocenters.